The van der Waals surface area contributed by atoms with Crippen LogP contribution in [0.15, 0.2) is 77.6 Å². The van der Waals surface area contributed by atoms with E-state index in [4.69, 9.17) is 0 Å². The van der Waals surface area contributed by atoms with E-state index < -0.39 is 11.6 Å². The molecule has 3 aromatic carbocycles. The lowest BCUT2D eigenvalue weighted by Gasteiger charge is -2.11. The van der Waals surface area contributed by atoms with Crippen LogP contribution in [0.25, 0.3) is 28.7 Å². The van der Waals surface area contributed by atoms with Gasteiger partial charge in [0.1, 0.15) is 17.5 Å². The Bertz CT molecular complexity index is 1210. The van der Waals surface area contributed by atoms with Gasteiger partial charge in [-0.1, -0.05) is 30.3 Å². The van der Waals surface area contributed by atoms with Gasteiger partial charge in [0.15, 0.2) is 0 Å². The summed E-state index contributed by atoms with van der Waals surface area (Å²) >= 11 is 0. The second-order valence-corrected chi connectivity index (χ2v) is 5.96. The van der Waals surface area contributed by atoms with E-state index in [1.807, 2.05) is 18.2 Å². The van der Waals surface area contributed by atoms with E-state index in [1.54, 1.807) is 36.4 Å². The lowest BCUT2D eigenvalue weighted by molar-refractivity contribution is 0.598. The average Bonchev–Trinajstić information content (AvgIpc) is 2.69. The molecule has 5 heteroatoms. The van der Waals surface area contributed by atoms with E-state index in [-0.39, 0.29) is 11.1 Å². The number of benzene rings is 3. The van der Waals surface area contributed by atoms with Gasteiger partial charge in [0.2, 0.25) is 0 Å². The highest BCUT2D eigenvalue weighted by molar-refractivity contribution is 5.80. The number of aromatic nitrogens is 2. The van der Waals surface area contributed by atoms with Crippen molar-refractivity contribution < 1.29 is 8.78 Å². The second-order valence-electron chi connectivity index (χ2n) is 5.96. The van der Waals surface area contributed by atoms with Gasteiger partial charge in [0.05, 0.1) is 16.6 Å². The molecule has 27 heavy (non-hydrogen) atoms. The van der Waals surface area contributed by atoms with Crippen molar-refractivity contribution >= 4 is 23.1 Å². The number of halogens is 2. The SMILES string of the molecule is O=c1c2ccccc2nc(/C=C/c2cc(F)ccc2F)n1-c1ccccc1. The molecular weight excluding hydrogens is 346 g/mol. The average molecular weight is 360 g/mol. The van der Waals surface area contributed by atoms with Crippen molar-refractivity contribution in [3.05, 3.63) is 106 Å². The van der Waals surface area contributed by atoms with Gasteiger partial charge >= 0.3 is 0 Å². The lowest BCUT2D eigenvalue weighted by Crippen LogP contribution is -2.22. The van der Waals surface area contributed by atoms with E-state index in [0.29, 0.717) is 22.4 Å². The Morgan fingerprint density at radius 1 is 0.852 bits per heavy atom. The highest BCUT2D eigenvalue weighted by Gasteiger charge is 2.11. The predicted molar refractivity (Wildman–Crippen MR) is 103 cm³/mol. The fourth-order valence-corrected chi connectivity index (χ4v) is 2.89. The van der Waals surface area contributed by atoms with E-state index in [2.05, 4.69) is 4.98 Å². The minimum absolute atomic E-state index is 0.0806. The molecule has 4 rings (SSSR count). The molecule has 1 heterocycles. The van der Waals surface area contributed by atoms with Gasteiger partial charge in [0.25, 0.3) is 5.56 Å². The van der Waals surface area contributed by atoms with Gasteiger partial charge < -0.3 is 0 Å². The highest BCUT2D eigenvalue weighted by Crippen LogP contribution is 2.17. The van der Waals surface area contributed by atoms with Crippen molar-refractivity contribution in [3.8, 4) is 5.69 Å². The number of hydrogen-bond donors (Lipinski definition) is 0. The molecule has 0 unspecified atom stereocenters. The van der Waals surface area contributed by atoms with Crippen LogP contribution >= 0.6 is 0 Å². The maximum atomic E-state index is 13.9. The first-order chi connectivity index (χ1) is 13.1. The quantitative estimate of drug-likeness (QED) is 0.524. The smallest absolute Gasteiger partial charge is 0.266 e. The molecule has 0 radical (unpaired) electrons. The van der Waals surface area contributed by atoms with E-state index in [1.165, 1.54) is 16.7 Å². The number of fused-ring (bicyclic) bond motifs is 1. The van der Waals surface area contributed by atoms with E-state index >= 15 is 0 Å². The maximum absolute atomic E-state index is 13.9. The Kier molecular flexibility index (Phi) is 4.34. The van der Waals surface area contributed by atoms with E-state index in [0.717, 1.165) is 18.2 Å². The minimum atomic E-state index is -0.554. The topological polar surface area (TPSA) is 34.9 Å². The Hall–Kier alpha value is -3.60. The third kappa shape index (κ3) is 3.27. The molecule has 0 spiro atoms. The summed E-state index contributed by atoms with van der Waals surface area (Å²) in [6.07, 6.45) is 2.92. The van der Waals surface area contributed by atoms with Gasteiger partial charge in [-0.25, -0.2) is 13.8 Å². The molecule has 0 saturated heterocycles. The molecule has 0 atom stereocenters. The normalized spacial score (nSPS) is 11.3. The standard InChI is InChI=1S/C22H14F2N2O/c23-16-11-12-19(24)15(14-16)10-13-21-25-20-9-5-4-8-18(20)22(27)26(21)17-6-2-1-3-7-17/h1-14H/b13-10+. The number of hydrogen-bond acceptors (Lipinski definition) is 2. The van der Waals surface area contributed by atoms with Gasteiger partial charge in [-0.3, -0.25) is 9.36 Å². The summed E-state index contributed by atoms with van der Waals surface area (Å²) < 4.78 is 28.8. The van der Waals surface area contributed by atoms with Crippen LogP contribution in [-0.2, 0) is 0 Å². The summed E-state index contributed by atoms with van der Waals surface area (Å²) in [6, 6.07) is 19.3. The molecule has 0 aliphatic carbocycles. The van der Waals surface area contributed by atoms with Crippen LogP contribution in [0.1, 0.15) is 11.4 Å². The van der Waals surface area contributed by atoms with Crippen molar-refractivity contribution in [1.82, 2.24) is 9.55 Å². The molecular formula is C22H14F2N2O. The zero-order chi connectivity index (χ0) is 18.8. The Labute approximate surface area is 153 Å². The largest absolute Gasteiger partial charge is 0.268 e. The zero-order valence-electron chi connectivity index (χ0n) is 14.1. The lowest BCUT2D eigenvalue weighted by atomic mass is 10.2. The Morgan fingerprint density at radius 3 is 2.41 bits per heavy atom. The van der Waals surface area contributed by atoms with Gasteiger partial charge in [-0.15, -0.1) is 0 Å². The predicted octanol–water partition coefficient (Wildman–Crippen LogP) is 4.83. The molecule has 3 nitrogen and oxygen atoms in total. The molecule has 0 saturated carbocycles. The first kappa shape index (κ1) is 16.8. The van der Waals surface area contributed by atoms with Crippen molar-refractivity contribution in [1.29, 1.82) is 0 Å². The number of para-hydroxylation sites is 2. The summed E-state index contributed by atoms with van der Waals surface area (Å²) in [4.78, 5) is 17.6. The highest BCUT2D eigenvalue weighted by atomic mass is 19.1. The zero-order valence-corrected chi connectivity index (χ0v) is 14.1. The summed E-state index contributed by atoms with van der Waals surface area (Å²) in [7, 11) is 0. The van der Waals surface area contributed by atoms with Crippen LogP contribution in [0.5, 0.6) is 0 Å². The van der Waals surface area contributed by atoms with Crippen LogP contribution in [-0.4, -0.2) is 9.55 Å². The van der Waals surface area contributed by atoms with Crippen molar-refractivity contribution in [2.45, 2.75) is 0 Å². The maximum Gasteiger partial charge on any atom is 0.266 e. The first-order valence-electron chi connectivity index (χ1n) is 8.34. The fraction of sp³-hybridized carbons (Fsp3) is 0. The molecule has 0 N–H and O–H groups in total. The van der Waals surface area contributed by atoms with Crippen LogP contribution in [0, 0.1) is 11.6 Å². The van der Waals surface area contributed by atoms with Crippen molar-refractivity contribution in [2.75, 3.05) is 0 Å². The second kappa shape index (κ2) is 6.96. The van der Waals surface area contributed by atoms with Gasteiger partial charge in [0, 0.05) is 5.56 Å². The van der Waals surface area contributed by atoms with Crippen LogP contribution in [0.4, 0.5) is 8.78 Å². The summed E-state index contributed by atoms with van der Waals surface area (Å²) in [5.74, 6) is -0.765. The molecule has 0 aliphatic heterocycles. The van der Waals surface area contributed by atoms with Crippen molar-refractivity contribution in [3.63, 3.8) is 0 Å². The van der Waals surface area contributed by atoms with E-state index in [9.17, 15) is 13.6 Å². The minimum Gasteiger partial charge on any atom is -0.268 e. The monoisotopic (exact) mass is 360 g/mol. The summed E-state index contributed by atoms with van der Waals surface area (Å²) in [6.45, 7) is 0. The third-order valence-electron chi connectivity index (χ3n) is 4.19. The Morgan fingerprint density at radius 2 is 1.59 bits per heavy atom. The fourth-order valence-electron chi connectivity index (χ4n) is 2.89. The Balaban J connectivity index is 1.95. The number of nitrogens with zero attached hydrogens (tertiary/aromatic N) is 2. The molecule has 0 fully saturated rings. The molecule has 4 aromatic rings. The van der Waals surface area contributed by atoms with Crippen LogP contribution < -0.4 is 5.56 Å². The van der Waals surface area contributed by atoms with Crippen molar-refractivity contribution in [2.24, 2.45) is 0 Å². The molecule has 0 aliphatic rings. The van der Waals surface area contributed by atoms with Gasteiger partial charge in [-0.05, 0) is 54.6 Å². The third-order valence-corrected chi connectivity index (χ3v) is 4.19. The summed E-state index contributed by atoms with van der Waals surface area (Å²) in [5, 5.41) is 0.482. The molecule has 0 amide bonds. The first-order valence-corrected chi connectivity index (χ1v) is 8.34. The van der Waals surface area contributed by atoms with Gasteiger partial charge in [-0.2, -0.15) is 0 Å². The summed E-state index contributed by atoms with van der Waals surface area (Å²) in [5.41, 5.74) is 1.03. The molecule has 132 valence electrons. The molecule has 1 aromatic heterocycles. The molecule has 0 bridgehead atoms. The van der Waals surface area contributed by atoms with Crippen LogP contribution in [0.3, 0.4) is 0 Å². The number of rotatable bonds is 3. The van der Waals surface area contributed by atoms with Crippen LogP contribution in [0.2, 0.25) is 0 Å².